The van der Waals surface area contributed by atoms with Crippen molar-refractivity contribution in [2.24, 2.45) is 5.92 Å². The molecular formula is C17H28N4. The number of rotatable bonds is 4. The van der Waals surface area contributed by atoms with Crippen LogP contribution in [0.4, 0.5) is 5.69 Å². The first-order valence-electron chi connectivity index (χ1n) is 8.38. The molecule has 4 heteroatoms. The van der Waals surface area contributed by atoms with Crippen molar-refractivity contribution >= 4 is 5.69 Å². The molecule has 3 heterocycles. The number of nitrogens with zero attached hydrogens (tertiary/aromatic N) is 3. The highest BCUT2D eigenvalue weighted by Crippen LogP contribution is 2.20. The average Bonchev–Trinajstić information content (AvgIpc) is 2.54. The molecule has 2 aliphatic rings. The summed E-state index contributed by atoms with van der Waals surface area (Å²) < 4.78 is 0. The van der Waals surface area contributed by atoms with E-state index >= 15 is 0 Å². The van der Waals surface area contributed by atoms with Crippen LogP contribution in [0.1, 0.15) is 25.7 Å². The van der Waals surface area contributed by atoms with Crippen molar-refractivity contribution in [3.05, 3.63) is 24.5 Å². The molecule has 1 aromatic heterocycles. The molecule has 2 saturated heterocycles. The summed E-state index contributed by atoms with van der Waals surface area (Å²) in [6.07, 6.45) is 9.05. The normalized spacial score (nSPS) is 25.2. The summed E-state index contributed by atoms with van der Waals surface area (Å²) in [5.41, 5.74) is 1.32. The van der Waals surface area contributed by atoms with Gasteiger partial charge in [-0.15, -0.1) is 0 Å². The van der Waals surface area contributed by atoms with Gasteiger partial charge in [-0.05, 0) is 63.9 Å². The largest absolute Gasteiger partial charge is 0.371 e. The molecule has 3 rings (SSSR count). The van der Waals surface area contributed by atoms with Crippen molar-refractivity contribution in [1.29, 1.82) is 0 Å². The first-order valence-corrected chi connectivity index (χ1v) is 8.38. The molecular weight excluding hydrogens is 260 g/mol. The summed E-state index contributed by atoms with van der Waals surface area (Å²) in [7, 11) is 2.25. The molecule has 0 bridgehead atoms. The first-order chi connectivity index (χ1) is 10.3. The molecule has 1 aromatic rings. The summed E-state index contributed by atoms with van der Waals surface area (Å²) in [6, 6.07) is 4.94. The molecule has 0 aromatic carbocycles. The second kappa shape index (κ2) is 7.23. The second-order valence-electron chi connectivity index (χ2n) is 6.65. The van der Waals surface area contributed by atoms with Crippen molar-refractivity contribution in [3.63, 3.8) is 0 Å². The van der Waals surface area contributed by atoms with E-state index in [-0.39, 0.29) is 0 Å². The van der Waals surface area contributed by atoms with E-state index in [2.05, 4.69) is 39.3 Å². The van der Waals surface area contributed by atoms with Crippen LogP contribution in [-0.4, -0.2) is 55.7 Å². The maximum atomic E-state index is 4.10. The van der Waals surface area contributed by atoms with Gasteiger partial charge in [0.15, 0.2) is 0 Å². The maximum absolute atomic E-state index is 4.10. The number of pyridine rings is 1. The monoisotopic (exact) mass is 288 g/mol. The number of nitrogens with one attached hydrogen (secondary N) is 1. The summed E-state index contributed by atoms with van der Waals surface area (Å²) in [5, 5.41) is 3.82. The molecule has 21 heavy (non-hydrogen) atoms. The van der Waals surface area contributed by atoms with Crippen molar-refractivity contribution in [2.75, 3.05) is 44.7 Å². The lowest BCUT2D eigenvalue weighted by molar-refractivity contribution is 0.200. The van der Waals surface area contributed by atoms with Crippen LogP contribution in [0.2, 0.25) is 0 Å². The van der Waals surface area contributed by atoms with E-state index in [1.54, 1.807) is 0 Å². The Kier molecular flexibility index (Phi) is 5.09. The lowest BCUT2D eigenvalue weighted by Gasteiger charge is -2.36. The summed E-state index contributed by atoms with van der Waals surface area (Å²) in [5.74, 6) is 0.849. The Balaban J connectivity index is 1.40. The molecule has 0 saturated carbocycles. The van der Waals surface area contributed by atoms with Crippen LogP contribution in [-0.2, 0) is 0 Å². The number of likely N-dealkylation sites (tertiary alicyclic amines) is 1. The van der Waals surface area contributed by atoms with Crippen molar-refractivity contribution in [3.8, 4) is 0 Å². The van der Waals surface area contributed by atoms with E-state index in [9.17, 15) is 0 Å². The zero-order valence-corrected chi connectivity index (χ0v) is 13.2. The minimum Gasteiger partial charge on any atom is -0.371 e. The molecule has 1 N–H and O–H groups in total. The number of hydrogen-bond donors (Lipinski definition) is 1. The topological polar surface area (TPSA) is 31.4 Å². The Morgan fingerprint density at radius 2 is 1.90 bits per heavy atom. The van der Waals surface area contributed by atoms with Gasteiger partial charge in [0.2, 0.25) is 0 Å². The number of aromatic nitrogens is 1. The van der Waals surface area contributed by atoms with Gasteiger partial charge in [-0.1, -0.05) is 0 Å². The van der Waals surface area contributed by atoms with Gasteiger partial charge in [0.05, 0.1) is 0 Å². The van der Waals surface area contributed by atoms with Crippen molar-refractivity contribution < 1.29 is 0 Å². The Hall–Kier alpha value is -1.13. The Morgan fingerprint density at radius 3 is 2.62 bits per heavy atom. The fourth-order valence-electron chi connectivity index (χ4n) is 3.67. The van der Waals surface area contributed by atoms with E-state index in [1.807, 2.05) is 12.4 Å². The van der Waals surface area contributed by atoms with Gasteiger partial charge >= 0.3 is 0 Å². The van der Waals surface area contributed by atoms with E-state index in [4.69, 9.17) is 0 Å². The SMILES string of the molecule is CN1CCCC(CNC2CCN(c3ccncc3)CC2)C1. The molecule has 0 spiro atoms. The van der Waals surface area contributed by atoms with Gasteiger partial charge < -0.3 is 15.1 Å². The number of piperidine rings is 2. The van der Waals surface area contributed by atoms with Gasteiger partial charge in [0, 0.05) is 43.8 Å². The van der Waals surface area contributed by atoms with Crippen molar-refractivity contribution in [2.45, 2.75) is 31.7 Å². The van der Waals surface area contributed by atoms with E-state index in [0.717, 1.165) is 19.0 Å². The average molecular weight is 288 g/mol. The van der Waals surface area contributed by atoms with Crippen LogP contribution in [0, 0.1) is 5.92 Å². The van der Waals surface area contributed by atoms with Crippen LogP contribution in [0.5, 0.6) is 0 Å². The molecule has 0 radical (unpaired) electrons. The smallest absolute Gasteiger partial charge is 0.0397 e. The fourth-order valence-corrected chi connectivity index (χ4v) is 3.67. The third kappa shape index (κ3) is 4.17. The lowest BCUT2D eigenvalue weighted by Crippen LogP contribution is -2.45. The Labute approximate surface area is 128 Å². The summed E-state index contributed by atoms with van der Waals surface area (Å²) >= 11 is 0. The van der Waals surface area contributed by atoms with Crippen LogP contribution < -0.4 is 10.2 Å². The quantitative estimate of drug-likeness (QED) is 0.918. The van der Waals surface area contributed by atoms with E-state index < -0.39 is 0 Å². The fraction of sp³-hybridized carbons (Fsp3) is 0.706. The predicted octanol–water partition coefficient (Wildman–Crippen LogP) is 1.98. The zero-order chi connectivity index (χ0) is 14.5. The second-order valence-corrected chi connectivity index (χ2v) is 6.65. The van der Waals surface area contributed by atoms with Crippen LogP contribution >= 0.6 is 0 Å². The molecule has 116 valence electrons. The summed E-state index contributed by atoms with van der Waals surface area (Å²) in [6.45, 7) is 6.06. The van der Waals surface area contributed by atoms with Crippen molar-refractivity contribution in [1.82, 2.24) is 15.2 Å². The highest BCUT2D eigenvalue weighted by Gasteiger charge is 2.22. The Morgan fingerprint density at radius 1 is 1.14 bits per heavy atom. The van der Waals surface area contributed by atoms with E-state index in [0.29, 0.717) is 6.04 Å². The predicted molar refractivity (Wildman–Crippen MR) is 87.7 cm³/mol. The highest BCUT2D eigenvalue weighted by molar-refractivity contribution is 5.44. The molecule has 0 amide bonds. The molecule has 2 aliphatic heterocycles. The van der Waals surface area contributed by atoms with Crippen LogP contribution in [0.3, 0.4) is 0 Å². The zero-order valence-electron chi connectivity index (χ0n) is 13.2. The minimum absolute atomic E-state index is 0.704. The van der Waals surface area contributed by atoms with Crippen LogP contribution in [0.25, 0.3) is 0 Å². The van der Waals surface area contributed by atoms with Gasteiger partial charge in [0.25, 0.3) is 0 Å². The standard InChI is InChI=1S/C17H28N4/c1-20-10-2-3-15(14-20)13-19-16-6-11-21(12-7-16)17-4-8-18-9-5-17/h4-5,8-9,15-16,19H,2-3,6-7,10-14H2,1H3. The van der Waals surface area contributed by atoms with E-state index in [1.165, 1.54) is 51.0 Å². The third-order valence-electron chi connectivity index (χ3n) is 4.94. The summed E-state index contributed by atoms with van der Waals surface area (Å²) in [4.78, 5) is 9.05. The van der Waals surface area contributed by atoms with Gasteiger partial charge in [-0.3, -0.25) is 4.98 Å². The number of anilines is 1. The molecule has 1 atom stereocenters. The third-order valence-corrected chi connectivity index (χ3v) is 4.94. The van der Waals surface area contributed by atoms with Gasteiger partial charge in [-0.2, -0.15) is 0 Å². The van der Waals surface area contributed by atoms with Gasteiger partial charge in [-0.25, -0.2) is 0 Å². The number of hydrogen-bond acceptors (Lipinski definition) is 4. The van der Waals surface area contributed by atoms with Gasteiger partial charge in [0.1, 0.15) is 0 Å². The highest BCUT2D eigenvalue weighted by atomic mass is 15.2. The first kappa shape index (κ1) is 14.8. The van der Waals surface area contributed by atoms with Crippen LogP contribution in [0.15, 0.2) is 24.5 Å². The maximum Gasteiger partial charge on any atom is 0.0397 e. The molecule has 4 nitrogen and oxygen atoms in total. The molecule has 1 unspecified atom stereocenters. The molecule has 0 aliphatic carbocycles. The lowest BCUT2D eigenvalue weighted by atomic mass is 9.97. The minimum atomic E-state index is 0.704. The Bertz CT molecular complexity index is 414. The molecule has 2 fully saturated rings.